The van der Waals surface area contributed by atoms with Gasteiger partial charge in [-0.3, -0.25) is 0 Å². The Kier molecular flexibility index (Phi) is 8.26. The quantitative estimate of drug-likeness (QED) is 0.648. The van der Waals surface area contributed by atoms with Crippen LogP contribution in [0, 0.1) is 0 Å². The number of aryl methyl sites for hydroxylation is 1. The fourth-order valence-corrected chi connectivity index (χ4v) is 1.84. The molecule has 0 heterocycles. The fraction of sp³-hybridized carbons (Fsp3) is 0.600. The topological polar surface area (TPSA) is 30.5 Å². The summed E-state index contributed by atoms with van der Waals surface area (Å²) in [6.45, 7) is 5.53. The Labute approximate surface area is 110 Å². The molecule has 3 nitrogen and oxygen atoms in total. The van der Waals surface area contributed by atoms with Crippen molar-refractivity contribution in [3.8, 4) is 5.75 Å². The highest BCUT2D eigenvalue weighted by atomic mass is 16.5. The molecule has 0 aliphatic carbocycles. The average molecular weight is 251 g/mol. The average Bonchev–Trinajstić information content (AvgIpc) is 2.39. The van der Waals surface area contributed by atoms with Crippen LogP contribution in [0.3, 0.4) is 0 Å². The van der Waals surface area contributed by atoms with E-state index in [-0.39, 0.29) is 0 Å². The molecule has 1 rings (SSSR count). The first-order valence-corrected chi connectivity index (χ1v) is 6.78. The summed E-state index contributed by atoms with van der Waals surface area (Å²) in [5.41, 5.74) is 1.36. The van der Waals surface area contributed by atoms with E-state index in [1.54, 1.807) is 7.11 Å². The molecule has 0 saturated carbocycles. The molecule has 1 aromatic carbocycles. The van der Waals surface area contributed by atoms with Crippen molar-refractivity contribution in [3.05, 3.63) is 29.8 Å². The van der Waals surface area contributed by atoms with Gasteiger partial charge in [-0.2, -0.15) is 0 Å². The van der Waals surface area contributed by atoms with E-state index in [0.29, 0.717) is 0 Å². The number of ether oxygens (including phenoxy) is 2. The molecule has 0 radical (unpaired) electrons. The number of benzene rings is 1. The van der Waals surface area contributed by atoms with Gasteiger partial charge in [-0.15, -0.1) is 0 Å². The third kappa shape index (κ3) is 6.62. The number of rotatable bonds is 10. The van der Waals surface area contributed by atoms with Gasteiger partial charge in [-0.25, -0.2) is 0 Å². The van der Waals surface area contributed by atoms with E-state index in [1.807, 2.05) is 13.0 Å². The molecule has 0 aliphatic heterocycles. The zero-order valence-corrected chi connectivity index (χ0v) is 11.6. The molecule has 0 unspecified atom stereocenters. The van der Waals surface area contributed by atoms with E-state index < -0.39 is 0 Å². The largest absolute Gasteiger partial charge is 0.494 e. The molecular formula is C15H25NO2. The van der Waals surface area contributed by atoms with Crippen LogP contribution in [0.15, 0.2) is 24.3 Å². The molecule has 0 bridgehead atoms. The Morgan fingerprint density at radius 1 is 1.17 bits per heavy atom. The summed E-state index contributed by atoms with van der Waals surface area (Å²) in [4.78, 5) is 0. The molecule has 1 N–H and O–H groups in total. The second-order valence-electron chi connectivity index (χ2n) is 4.28. The fourth-order valence-electron chi connectivity index (χ4n) is 1.84. The van der Waals surface area contributed by atoms with Gasteiger partial charge in [0, 0.05) is 13.7 Å². The highest BCUT2D eigenvalue weighted by Gasteiger charge is 1.97. The zero-order chi connectivity index (χ0) is 13.1. The standard InChI is InChI=1S/C15H25NO2/c1-3-18-15-9-6-8-14(13-15)7-4-5-10-16-11-12-17-2/h6,8-9,13,16H,3-5,7,10-12H2,1-2H3. The first kappa shape index (κ1) is 15.0. The molecule has 18 heavy (non-hydrogen) atoms. The summed E-state index contributed by atoms with van der Waals surface area (Å²) in [6.07, 6.45) is 3.52. The Hall–Kier alpha value is -1.06. The number of hydrogen-bond acceptors (Lipinski definition) is 3. The summed E-state index contributed by atoms with van der Waals surface area (Å²) in [5.74, 6) is 0.980. The Bertz CT molecular complexity index is 315. The van der Waals surface area contributed by atoms with Crippen molar-refractivity contribution in [1.29, 1.82) is 0 Å². The molecule has 0 spiro atoms. The second kappa shape index (κ2) is 9.92. The van der Waals surface area contributed by atoms with Crippen LogP contribution >= 0.6 is 0 Å². The van der Waals surface area contributed by atoms with Crippen molar-refractivity contribution in [3.63, 3.8) is 0 Å². The van der Waals surface area contributed by atoms with Gasteiger partial charge in [0.1, 0.15) is 5.75 Å². The maximum absolute atomic E-state index is 5.49. The predicted octanol–water partition coefficient (Wildman–Crippen LogP) is 2.64. The van der Waals surface area contributed by atoms with Crippen LogP contribution in [0.25, 0.3) is 0 Å². The predicted molar refractivity (Wildman–Crippen MR) is 75.3 cm³/mol. The number of nitrogens with one attached hydrogen (secondary N) is 1. The van der Waals surface area contributed by atoms with E-state index in [2.05, 4.69) is 23.5 Å². The molecule has 0 fully saturated rings. The lowest BCUT2D eigenvalue weighted by Crippen LogP contribution is -2.20. The Balaban J connectivity index is 2.13. The van der Waals surface area contributed by atoms with Gasteiger partial charge >= 0.3 is 0 Å². The van der Waals surface area contributed by atoms with Gasteiger partial charge in [0.2, 0.25) is 0 Å². The van der Waals surface area contributed by atoms with Crippen molar-refractivity contribution in [1.82, 2.24) is 5.32 Å². The molecule has 0 atom stereocenters. The molecular weight excluding hydrogens is 226 g/mol. The lowest BCUT2D eigenvalue weighted by molar-refractivity contribution is 0.199. The van der Waals surface area contributed by atoms with Crippen LogP contribution in [0.5, 0.6) is 5.75 Å². The number of hydrogen-bond donors (Lipinski definition) is 1. The van der Waals surface area contributed by atoms with E-state index in [0.717, 1.165) is 38.5 Å². The first-order chi connectivity index (χ1) is 8.86. The lowest BCUT2D eigenvalue weighted by atomic mass is 10.1. The van der Waals surface area contributed by atoms with Gasteiger partial charge in [0.25, 0.3) is 0 Å². The molecule has 0 amide bonds. The molecule has 0 aliphatic rings. The summed E-state index contributed by atoms with van der Waals surface area (Å²) in [7, 11) is 1.73. The monoisotopic (exact) mass is 251 g/mol. The highest BCUT2D eigenvalue weighted by molar-refractivity contribution is 5.28. The minimum absolute atomic E-state index is 0.729. The second-order valence-corrected chi connectivity index (χ2v) is 4.28. The number of methoxy groups -OCH3 is 1. The normalized spacial score (nSPS) is 10.6. The summed E-state index contributed by atoms with van der Waals surface area (Å²) < 4.78 is 10.5. The minimum atomic E-state index is 0.729. The summed E-state index contributed by atoms with van der Waals surface area (Å²) in [6, 6.07) is 8.39. The third-order valence-corrected chi connectivity index (χ3v) is 2.76. The van der Waals surface area contributed by atoms with Crippen LogP contribution in [0.2, 0.25) is 0 Å². The Morgan fingerprint density at radius 2 is 2.06 bits per heavy atom. The van der Waals surface area contributed by atoms with E-state index >= 15 is 0 Å². The van der Waals surface area contributed by atoms with Crippen LogP contribution in [0.1, 0.15) is 25.3 Å². The molecule has 102 valence electrons. The van der Waals surface area contributed by atoms with E-state index in [4.69, 9.17) is 9.47 Å². The maximum atomic E-state index is 5.49. The first-order valence-electron chi connectivity index (χ1n) is 6.78. The van der Waals surface area contributed by atoms with Gasteiger partial charge in [-0.05, 0) is 50.4 Å². The van der Waals surface area contributed by atoms with Crippen LogP contribution in [0.4, 0.5) is 0 Å². The smallest absolute Gasteiger partial charge is 0.119 e. The summed E-state index contributed by atoms with van der Waals surface area (Å²) >= 11 is 0. The maximum Gasteiger partial charge on any atom is 0.119 e. The van der Waals surface area contributed by atoms with Crippen LogP contribution in [-0.4, -0.2) is 33.4 Å². The van der Waals surface area contributed by atoms with Crippen molar-refractivity contribution < 1.29 is 9.47 Å². The number of unbranched alkanes of at least 4 members (excludes halogenated alkanes) is 1. The van der Waals surface area contributed by atoms with Crippen molar-refractivity contribution in [2.24, 2.45) is 0 Å². The van der Waals surface area contributed by atoms with Gasteiger partial charge < -0.3 is 14.8 Å². The van der Waals surface area contributed by atoms with Crippen molar-refractivity contribution in [2.75, 3.05) is 33.4 Å². The van der Waals surface area contributed by atoms with E-state index in [9.17, 15) is 0 Å². The summed E-state index contributed by atoms with van der Waals surface area (Å²) in [5, 5.41) is 3.35. The van der Waals surface area contributed by atoms with Crippen molar-refractivity contribution >= 4 is 0 Å². The third-order valence-electron chi connectivity index (χ3n) is 2.76. The molecule has 1 aromatic rings. The van der Waals surface area contributed by atoms with Gasteiger partial charge in [-0.1, -0.05) is 12.1 Å². The molecule has 0 aromatic heterocycles. The van der Waals surface area contributed by atoms with Crippen molar-refractivity contribution in [2.45, 2.75) is 26.2 Å². The molecule has 0 saturated heterocycles. The molecule has 3 heteroatoms. The lowest BCUT2D eigenvalue weighted by Gasteiger charge is -2.06. The highest BCUT2D eigenvalue weighted by Crippen LogP contribution is 2.14. The van der Waals surface area contributed by atoms with E-state index in [1.165, 1.54) is 18.4 Å². The van der Waals surface area contributed by atoms with Crippen LogP contribution < -0.4 is 10.1 Å². The van der Waals surface area contributed by atoms with Gasteiger partial charge in [0.15, 0.2) is 0 Å². The Morgan fingerprint density at radius 3 is 2.83 bits per heavy atom. The van der Waals surface area contributed by atoms with Crippen LogP contribution in [-0.2, 0) is 11.2 Å². The zero-order valence-electron chi connectivity index (χ0n) is 11.6. The minimum Gasteiger partial charge on any atom is -0.494 e. The SMILES string of the molecule is CCOc1cccc(CCCCNCCOC)c1. The van der Waals surface area contributed by atoms with Gasteiger partial charge in [0.05, 0.1) is 13.2 Å².